The molecule has 5 rings (SSSR count). The highest BCUT2D eigenvalue weighted by Crippen LogP contribution is 2.40. The number of amides is 1. The number of alkyl halides is 3. The second-order valence-electron chi connectivity index (χ2n) is 9.02. The molecule has 1 aromatic carbocycles. The molecule has 11 nitrogen and oxygen atoms in total. The van der Waals surface area contributed by atoms with Crippen LogP contribution in [0.4, 0.5) is 13.2 Å². The molecule has 3 aromatic rings. The highest BCUT2D eigenvalue weighted by Gasteiger charge is 2.44. The number of aromatic amines is 1. The van der Waals surface area contributed by atoms with Crippen LogP contribution in [0.1, 0.15) is 24.8 Å². The lowest BCUT2D eigenvalue weighted by molar-refractivity contribution is -0.170. The van der Waals surface area contributed by atoms with Crippen molar-refractivity contribution >= 4 is 28.8 Å². The van der Waals surface area contributed by atoms with Crippen molar-refractivity contribution in [2.45, 2.75) is 48.1 Å². The van der Waals surface area contributed by atoms with Crippen molar-refractivity contribution in [3.63, 3.8) is 0 Å². The summed E-state index contributed by atoms with van der Waals surface area (Å²) in [5, 5.41) is 18.2. The van der Waals surface area contributed by atoms with Gasteiger partial charge in [0, 0.05) is 30.6 Å². The summed E-state index contributed by atoms with van der Waals surface area (Å²) in [4.78, 5) is 25.7. The summed E-state index contributed by atoms with van der Waals surface area (Å²) in [6, 6.07) is 2.97. The number of ether oxygens (including phenoxy) is 2. The summed E-state index contributed by atoms with van der Waals surface area (Å²) in [6.45, 7) is 1.05. The van der Waals surface area contributed by atoms with Crippen LogP contribution >= 0.6 is 11.8 Å². The lowest BCUT2D eigenvalue weighted by Gasteiger charge is -2.34. The Labute approximate surface area is 218 Å². The largest absolute Gasteiger partial charge is 0.454 e. The lowest BCUT2D eigenvalue weighted by Crippen LogP contribution is -2.53. The van der Waals surface area contributed by atoms with E-state index in [1.807, 2.05) is 4.57 Å². The number of carbonyl (C=O) groups excluding carboxylic acids is 1. The topological polar surface area (TPSA) is 159 Å². The van der Waals surface area contributed by atoms with E-state index in [1.54, 1.807) is 12.1 Å². The van der Waals surface area contributed by atoms with Gasteiger partial charge >= 0.3 is 6.18 Å². The van der Waals surface area contributed by atoms with Gasteiger partial charge in [0.1, 0.15) is 11.6 Å². The zero-order chi connectivity index (χ0) is 27.0. The monoisotopic (exact) mass is 548 g/mol. The van der Waals surface area contributed by atoms with Crippen LogP contribution in [-0.4, -0.2) is 62.4 Å². The third kappa shape index (κ3) is 5.14. The summed E-state index contributed by atoms with van der Waals surface area (Å²) in [5.41, 5.74) is 6.46. The molecule has 4 N–H and O–H groups in total. The van der Waals surface area contributed by atoms with E-state index in [9.17, 15) is 23.2 Å². The lowest BCUT2D eigenvalue weighted by atomic mass is 9.93. The van der Waals surface area contributed by atoms with E-state index < -0.39 is 18.1 Å². The molecule has 0 spiro atoms. The number of hydrogen-bond acceptors (Lipinski definition) is 9. The Bertz CT molecular complexity index is 1470. The molecule has 0 aliphatic carbocycles. The van der Waals surface area contributed by atoms with E-state index >= 15 is 0 Å². The summed E-state index contributed by atoms with van der Waals surface area (Å²) < 4.78 is 50.9. The van der Waals surface area contributed by atoms with Crippen molar-refractivity contribution in [1.82, 2.24) is 24.4 Å². The van der Waals surface area contributed by atoms with Crippen LogP contribution in [0.3, 0.4) is 0 Å². The number of nitrogens with zero attached hydrogens (tertiary/aromatic N) is 5. The number of carbonyl (C=O) groups is 1. The summed E-state index contributed by atoms with van der Waals surface area (Å²) in [7, 11) is 0. The van der Waals surface area contributed by atoms with Gasteiger partial charge in [-0.25, -0.2) is 9.97 Å². The van der Waals surface area contributed by atoms with Crippen LogP contribution < -0.4 is 20.7 Å². The number of aromatic nitrogens is 4. The van der Waals surface area contributed by atoms with E-state index in [4.69, 9.17) is 20.6 Å². The molecule has 1 atom stereocenters. The predicted molar refractivity (Wildman–Crippen MR) is 127 cm³/mol. The van der Waals surface area contributed by atoms with Gasteiger partial charge in [0.05, 0.1) is 11.9 Å². The van der Waals surface area contributed by atoms with E-state index in [-0.39, 0.29) is 31.3 Å². The molecule has 1 amide bonds. The van der Waals surface area contributed by atoms with Crippen molar-refractivity contribution in [3.05, 3.63) is 29.5 Å². The van der Waals surface area contributed by atoms with Crippen LogP contribution in [0.5, 0.6) is 11.5 Å². The predicted octanol–water partition coefficient (Wildman–Crippen LogP) is 2.51. The summed E-state index contributed by atoms with van der Waals surface area (Å²) >= 11 is 1.22. The van der Waals surface area contributed by atoms with Crippen molar-refractivity contribution in [2.75, 3.05) is 19.9 Å². The molecule has 1 unspecified atom stereocenters. The summed E-state index contributed by atoms with van der Waals surface area (Å²) in [5.74, 6) is 0.142. The maximum absolute atomic E-state index is 12.8. The second kappa shape index (κ2) is 10.2. The van der Waals surface area contributed by atoms with E-state index in [0.717, 1.165) is 0 Å². The van der Waals surface area contributed by atoms with Gasteiger partial charge in [0.15, 0.2) is 33.8 Å². The van der Waals surface area contributed by atoms with Crippen molar-refractivity contribution in [3.8, 4) is 17.6 Å². The molecule has 1 fully saturated rings. The number of benzene rings is 1. The van der Waals surface area contributed by atoms with Crippen LogP contribution in [0.25, 0.3) is 11.2 Å². The van der Waals surface area contributed by atoms with E-state index in [0.29, 0.717) is 64.1 Å². The first-order valence-corrected chi connectivity index (χ1v) is 12.6. The zero-order valence-corrected chi connectivity index (χ0v) is 20.7. The Morgan fingerprint density at radius 1 is 1.32 bits per heavy atom. The molecule has 38 heavy (non-hydrogen) atoms. The average Bonchev–Trinajstić information content (AvgIpc) is 3.54. The van der Waals surface area contributed by atoms with Crippen molar-refractivity contribution in [2.24, 2.45) is 11.7 Å². The number of nitrogens with one attached hydrogen (secondary N) is 2. The second-order valence-corrected chi connectivity index (χ2v) is 10.0. The standard InChI is InChI=1S/C23H23F3N8O3S/c24-23(25,26)18(28)21(35)33-4-1-12(2-5-33)3-6-34-10-30-19(29)17-20(34)32-22(31-17)38-16-8-15-14(36-11-37-15)7-13(16)9-27/h7-8,10,12,18,29H,1-6,11,28H2,(H,31,32). The maximum atomic E-state index is 12.8. The average molecular weight is 549 g/mol. The smallest absolute Gasteiger partial charge is 0.412 e. The molecule has 2 aliphatic heterocycles. The fraction of sp³-hybridized carbons (Fsp3) is 0.435. The number of nitriles is 1. The molecular formula is C23H23F3N8O3S. The molecule has 2 aromatic heterocycles. The van der Waals surface area contributed by atoms with Gasteiger partial charge < -0.3 is 29.7 Å². The van der Waals surface area contributed by atoms with Crippen LogP contribution in [0, 0.1) is 22.7 Å². The van der Waals surface area contributed by atoms with Gasteiger partial charge in [-0.2, -0.15) is 18.4 Å². The van der Waals surface area contributed by atoms with Gasteiger partial charge in [-0.3, -0.25) is 10.2 Å². The molecule has 0 radical (unpaired) electrons. The number of halogens is 3. The van der Waals surface area contributed by atoms with E-state index in [1.165, 1.54) is 23.0 Å². The normalized spacial score (nSPS) is 16.6. The fourth-order valence-corrected chi connectivity index (χ4v) is 5.35. The zero-order valence-electron chi connectivity index (χ0n) is 19.9. The number of likely N-dealkylation sites (tertiary alicyclic amines) is 1. The molecule has 0 saturated carbocycles. The number of rotatable bonds is 6. The first-order chi connectivity index (χ1) is 18.1. The maximum Gasteiger partial charge on any atom is 0.412 e. The molecule has 0 bridgehead atoms. The molecule has 200 valence electrons. The Balaban J connectivity index is 1.26. The van der Waals surface area contributed by atoms with Crippen molar-refractivity contribution < 1.29 is 27.4 Å². The molecule has 2 aliphatic rings. The molecular weight excluding hydrogens is 525 g/mol. The number of fused-ring (bicyclic) bond motifs is 2. The highest BCUT2D eigenvalue weighted by molar-refractivity contribution is 7.99. The van der Waals surface area contributed by atoms with Gasteiger partial charge in [-0.15, -0.1) is 0 Å². The molecule has 4 heterocycles. The third-order valence-electron chi connectivity index (χ3n) is 6.62. The summed E-state index contributed by atoms with van der Waals surface area (Å²) in [6.07, 6.45) is -1.41. The minimum Gasteiger partial charge on any atom is -0.454 e. The van der Waals surface area contributed by atoms with Crippen LogP contribution in [0.2, 0.25) is 0 Å². The van der Waals surface area contributed by atoms with E-state index in [2.05, 4.69) is 21.0 Å². The van der Waals surface area contributed by atoms with Gasteiger partial charge in [0.2, 0.25) is 12.7 Å². The number of aryl methyl sites for hydroxylation is 1. The third-order valence-corrected chi connectivity index (χ3v) is 7.57. The number of nitrogens with two attached hydrogens (primary N) is 1. The number of H-pyrrole nitrogens is 1. The van der Waals surface area contributed by atoms with Crippen molar-refractivity contribution in [1.29, 1.82) is 10.7 Å². The Kier molecular flexibility index (Phi) is 6.93. The van der Waals surface area contributed by atoms with Crippen LogP contribution in [-0.2, 0) is 11.3 Å². The number of hydrogen-bond donors (Lipinski definition) is 3. The minimum absolute atomic E-state index is 0.0228. The SMILES string of the molecule is N#Cc1cc2c(cc1Sc1nc3c([nH]1)c(=N)ncn3CCC1CCN(C(=O)C(N)C(F)(F)F)CC1)OCO2. The Morgan fingerprint density at radius 2 is 2.03 bits per heavy atom. The first kappa shape index (κ1) is 25.9. The first-order valence-electron chi connectivity index (χ1n) is 11.8. The number of piperidine rings is 1. The highest BCUT2D eigenvalue weighted by atomic mass is 32.2. The van der Waals surface area contributed by atoms with Crippen LogP contribution in [0.15, 0.2) is 28.5 Å². The van der Waals surface area contributed by atoms with Gasteiger partial charge in [0.25, 0.3) is 0 Å². The quantitative estimate of drug-likeness (QED) is 0.424. The Morgan fingerprint density at radius 3 is 2.71 bits per heavy atom. The molecule has 15 heteroatoms. The van der Waals surface area contributed by atoms with Gasteiger partial charge in [-0.1, -0.05) is 11.8 Å². The molecule has 1 saturated heterocycles. The Hall–Kier alpha value is -3.77. The fourth-order valence-electron chi connectivity index (χ4n) is 4.47. The van der Waals surface area contributed by atoms with Gasteiger partial charge in [-0.05, 0) is 31.2 Å². The number of imidazole rings is 1. The minimum atomic E-state index is -4.76.